The number of halogens is 1. The number of carbonyl (C=O) groups excluding carboxylic acids is 1. The minimum atomic E-state index is -0.534. The Morgan fingerprint density at radius 1 is 1.38 bits per heavy atom. The van der Waals surface area contributed by atoms with E-state index in [0.29, 0.717) is 30.4 Å². The molecule has 0 radical (unpaired) electrons. The molecule has 5 nitrogen and oxygen atoms in total. The van der Waals surface area contributed by atoms with Gasteiger partial charge >= 0.3 is 0 Å². The number of nitrogens with zero attached hydrogens (tertiary/aromatic N) is 2. The van der Waals surface area contributed by atoms with Crippen LogP contribution in [0.5, 0.6) is 5.75 Å². The summed E-state index contributed by atoms with van der Waals surface area (Å²) < 4.78 is 5.66. The molecule has 0 spiro atoms. The van der Waals surface area contributed by atoms with E-state index in [2.05, 4.69) is 4.90 Å². The van der Waals surface area contributed by atoms with Crippen molar-refractivity contribution in [3.05, 3.63) is 29.3 Å². The van der Waals surface area contributed by atoms with Gasteiger partial charge in [-0.25, -0.2) is 0 Å². The number of aliphatic hydroxyl groups is 1. The molecular formula is C15H21ClN2O3. The molecule has 1 atom stereocenters. The lowest BCUT2D eigenvalue weighted by atomic mass is 10.2. The van der Waals surface area contributed by atoms with Crippen molar-refractivity contribution in [1.29, 1.82) is 0 Å². The summed E-state index contributed by atoms with van der Waals surface area (Å²) in [5.41, 5.74) is 0. The van der Waals surface area contributed by atoms with Crippen molar-refractivity contribution in [1.82, 2.24) is 9.80 Å². The minimum Gasteiger partial charge on any atom is -0.481 e. The number of rotatable bonds is 5. The molecule has 1 aliphatic heterocycles. The van der Waals surface area contributed by atoms with Gasteiger partial charge in [-0.05, 0) is 25.1 Å². The second-order valence-electron chi connectivity index (χ2n) is 5.11. The van der Waals surface area contributed by atoms with Gasteiger partial charge in [0.15, 0.2) is 6.10 Å². The van der Waals surface area contributed by atoms with E-state index in [1.165, 1.54) is 0 Å². The van der Waals surface area contributed by atoms with E-state index >= 15 is 0 Å². The highest BCUT2D eigenvalue weighted by Crippen LogP contribution is 2.19. The zero-order valence-electron chi connectivity index (χ0n) is 12.2. The van der Waals surface area contributed by atoms with E-state index in [-0.39, 0.29) is 12.5 Å². The molecule has 1 fully saturated rings. The third-order valence-corrected chi connectivity index (χ3v) is 3.79. The summed E-state index contributed by atoms with van der Waals surface area (Å²) in [6.07, 6.45) is -0.534. The fourth-order valence-corrected chi connectivity index (χ4v) is 2.57. The first kappa shape index (κ1) is 16.1. The zero-order valence-corrected chi connectivity index (χ0v) is 12.9. The lowest BCUT2D eigenvalue weighted by Gasteiger charge is -2.35. The maximum absolute atomic E-state index is 12.4. The largest absolute Gasteiger partial charge is 0.481 e. The van der Waals surface area contributed by atoms with Crippen LogP contribution in [0, 0.1) is 0 Å². The number of β-amino-alcohol motifs (C(OH)–C–C–N with tert-alkyl or cyclic N) is 1. The molecule has 1 saturated heterocycles. The standard InChI is InChI=1S/C15H21ClN2O3/c1-12(21-14-4-2-3-13(16)11-14)15(20)18-7-5-17(6-8-18)9-10-19/h2-4,11-12,19H,5-10H2,1H3. The maximum Gasteiger partial charge on any atom is 0.263 e. The third kappa shape index (κ3) is 4.59. The summed E-state index contributed by atoms with van der Waals surface area (Å²) in [6, 6.07) is 7.04. The summed E-state index contributed by atoms with van der Waals surface area (Å²) in [5, 5.41) is 9.50. The van der Waals surface area contributed by atoms with E-state index in [1.54, 1.807) is 31.2 Å². The van der Waals surface area contributed by atoms with Crippen molar-refractivity contribution < 1.29 is 14.6 Å². The molecule has 0 aliphatic carbocycles. The van der Waals surface area contributed by atoms with Crippen LogP contribution in [-0.2, 0) is 4.79 Å². The summed E-state index contributed by atoms with van der Waals surface area (Å²) in [4.78, 5) is 16.3. The molecule has 21 heavy (non-hydrogen) atoms. The van der Waals surface area contributed by atoms with E-state index in [1.807, 2.05) is 4.90 Å². The van der Waals surface area contributed by atoms with E-state index < -0.39 is 6.10 Å². The number of hydrogen-bond acceptors (Lipinski definition) is 4. The number of aliphatic hydroxyl groups excluding tert-OH is 1. The molecule has 0 bridgehead atoms. The average Bonchev–Trinajstić information content (AvgIpc) is 2.47. The smallest absolute Gasteiger partial charge is 0.263 e. The van der Waals surface area contributed by atoms with Crippen molar-refractivity contribution in [2.24, 2.45) is 0 Å². The number of carbonyl (C=O) groups is 1. The van der Waals surface area contributed by atoms with Crippen molar-refractivity contribution in [2.75, 3.05) is 39.3 Å². The second-order valence-corrected chi connectivity index (χ2v) is 5.54. The molecule has 1 unspecified atom stereocenters. The van der Waals surface area contributed by atoms with Crippen molar-refractivity contribution in [3.8, 4) is 5.75 Å². The normalized spacial score (nSPS) is 17.6. The molecular weight excluding hydrogens is 292 g/mol. The predicted molar refractivity (Wildman–Crippen MR) is 81.6 cm³/mol. The van der Waals surface area contributed by atoms with Gasteiger partial charge in [-0.1, -0.05) is 17.7 Å². The second kappa shape index (κ2) is 7.64. The van der Waals surface area contributed by atoms with Gasteiger partial charge in [0.2, 0.25) is 0 Å². The quantitative estimate of drug-likeness (QED) is 0.889. The Kier molecular flexibility index (Phi) is 5.85. The Morgan fingerprint density at radius 3 is 2.71 bits per heavy atom. The lowest BCUT2D eigenvalue weighted by Crippen LogP contribution is -2.52. The Bertz CT molecular complexity index is 476. The number of ether oxygens (including phenoxy) is 1. The summed E-state index contributed by atoms with van der Waals surface area (Å²) in [6.45, 7) is 5.48. The van der Waals surface area contributed by atoms with Gasteiger partial charge in [-0.15, -0.1) is 0 Å². The lowest BCUT2D eigenvalue weighted by molar-refractivity contribution is -0.139. The number of hydrogen-bond donors (Lipinski definition) is 1. The molecule has 1 aliphatic rings. The third-order valence-electron chi connectivity index (χ3n) is 3.56. The van der Waals surface area contributed by atoms with Crippen LogP contribution in [-0.4, -0.2) is 66.2 Å². The Balaban J connectivity index is 1.85. The summed E-state index contributed by atoms with van der Waals surface area (Å²) >= 11 is 5.90. The molecule has 1 aromatic rings. The first-order valence-corrected chi connectivity index (χ1v) is 7.52. The van der Waals surface area contributed by atoms with Crippen molar-refractivity contribution >= 4 is 17.5 Å². The molecule has 1 N–H and O–H groups in total. The number of piperazine rings is 1. The van der Waals surface area contributed by atoms with Gasteiger partial charge in [0.25, 0.3) is 5.91 Å². The SMILES string of the molecule is CC(Oc1cccc(Cl)c1)C(=O)N1CCN(CCO)CC1. The Morgan fingerprint density at radius 2 is 2.10 bits per heavy atom. The first-order valence-electron chi connectivity index (χ1n) is 7.14. The van der Waals surface area contributed by atoms with Gasteiger partial charge in [0, 0.05) is 37.7 Å². The highest BCUT2D eigenvalue weighted by atomic mass is 35.5. The first-order chi connectivity index (χ1) is 10.1. The molecule has 0 saturated carbocycles. The van der Waals surface area contributed by atoms with Crippen molar-refractivity contribution in [3.63, 3.8) is 0 Å². The van der Waals surface area contributed by atoms with Gasteiger partial charge in [0.05, 0.1) is 6.61 Å². The van der Waals surface area contributed by atoms with Crippen molar-refractivity contribution in [2.45, 2.75) is 13.0 Å². The van der Waals surface area contributed by atoms with Crippen LogP contribution in [0.25, 0.3) is 0 Å². The van der Waals surface area contributed by atoms with Crippen LogP contribution in [0.4, 0.5) is 0 Å². The Labute approximate surface area is 130 Å². The molecule has 1 amide bonds. The van der Waals surface area contributed by atoms with E-state index in [0.717, 1.165) is 13.1 Å². The maximum atomic E-state index is 12.4. The van der Waals surface area contributed by atoms with Crippen LogP contribution < -0.4 is 4.74 Å². The van der Waals surface area contributed by atoms with Gasteiger partial charge < -0.3 is 14.7 Å². The summed E-state index contributed by atoms with van der Waals surface area (Å²) in [5.74, 6) is 0.584. The molecule has 1 heterocycles. The average molecular weight is 313 g/mol. The van der Waals surface area contributed by atoms with Crippen LogP contribution in [0.2, 0.25) is 5.02 Å². The monoisotopic (exact) mass is 312 g/mol. The number of benzene rings is 1. The highest BCUT2D eigenvalue weighted by Gasteiger charge is 2.25. The summed E-state index contributed by atoms with van der Waals surface area (Å²) in [7, 11) is 0. The number of amides is 1. The molecule has 0 aromatic heterocycles. The molecule has 6 heteroatoms. The van der Waals surface area contributed by atoms with Crippen LogP contribution >= 0.6 is 11.6 Å². The topological polar surface area (TPSA) is 53.0 Å². The molecule has 2 rings (SSSR count). The molecule has 1 aromatic carbocycles. The van der Waals surface area contributed by atoms with Gasteiger partial charge in [0.1, 0.15) is 5.75 Å². The van der Waals surface area contributed by atoms with E-state index in [4.69, 9.17) is 21.4 Å². The predicted octanol–water partition coefficient (Wildman–Crippen LogP) is 1.24. The Hall–Kier alpha value is -1.30. The minimum absolute atomic E-state index is 0.0152. The van der Waals surface area contributed by atoms with Crippen LogP contribution in [0.15, 0.2) is 24.3 Å². The van der Waals surface area contributed by atoms with Crippen LogP contribution in [0.3, 0.4) is 0 Å². The van der Waals surface area contributed by atoms with Gasteiger partial charge in [-0.2, -0.15) is 0 Å². The fourth-order valence-electron chi connectivity index (χ4n) is 2.39. The van der Waals surface area contributed by atoms with E-state index in [9.17, 15) is 4.79 Å². The zero-order chi connectivity index (χ0) is 15.2. The fraction of sp³-hybridized carbons (Fsp3) is 0.533. The highest BCUT2D eigenvalue weighted by molar-refractivity contribution is 6.30. The molecule has 116 valence electrons. The van der Waals surface area contributed by atoms with Gasteiger partial charge in [-0.3, -0.25) is 9.69 Å². The van der Waals surface area contributed by atoms with Crippen LogP contribution in [0.1, 0.15) is 6.92 Å².